The summed E-state index contributed by atoms with van der Waals surface area (Å²) in [7, 11) is 0. The van der Waals surface area contributed by atoms with E-state index in [2.05, 4.69) is 10.5 Å². The lowest BCUT2D eigenvalue weighted by Crippen LogP contribution is -2.54. The number of alkyl halides is 3. The summed E-state index contributed by atoms with van der Waals surface area (Å²) in [5.41, 5.74) is 8.59. The van der Waals surface area contributed by atoms with Crippen LogP contribution in [0.1, 0.15) is 13.8 Å². The normalized spacial score (nSPS) is 15.7. The van der Waals surface area contributed by atoms with Crippen LogP contribution in [0.2, 0.25) is 0 Å². The smallest absolute Gasteiger partial charge is 0.400 e. The van der Waals surface area contributed by atoms with Gasteiger partial charge in [0.25, 0.3) is 0 Å². The van der Waals surface area contributed by atoms with Gasteiger partial charge in [-0.15, -0.1) is 0 Å². The lowest BCUT2D eigenvalue weighted by Gasteiger charge is -2.26. The van der Waals surface area contributed by atoms with Gasteiger partial charge in [0.2, 0.25) is 5.91 Å². The first-order valence-corrected chi connectivity index (χ1v) is 4.61. The minimum absolute atomic E-state index is 0.713. The van der Waals surface area contributed by atoms with Crippen LogP contribution in [0.5, 0.6) is 0 Å². The predicted molar refractivity (Wildman–Crippen MR) is 54.2 cm³/mol. The molecular weight excluding hydrogens is 241 g/mol. The summed E-state index contributed by atoms with van der Waals surface area (Å²) in [4.78, 5) is 10.9. The van der Waals surface area contributed by atoms with Crippen molar-refractivity contribution in [1.82, 2.24) is 5.32 Å². The molecule has 1 atom stereocenters. The Labute approximate surface area is 95.8 Å². The highest BCUT2D eigenvalue weighted by molar-refractivity contribution is 5.85. The Bertz CT molecular complexity index is 314. The minimum Gasteiger partial charge on any atom is -0.409 e. The second-order valence-corrected chi connectivity index (χ2v) is 3.99. The quantitative estimate of drug-likeness (QED) is 0.235. The van der Waals surface area contributed by atoms with Gasteiger partial charge in [-0.1, -0.05) is 5.16 Å². The third-order valence-corrected chi connectivity index (χ3v) is 2.23. The van der Waals surface area contributed by atoms with Crippen molar-refractivity contribution in [3.63, 3.8) is 0 Å². The van der Waals surface area contributed by atoms with Crippen molar-refractivity contribution in [2.24, 2.45) is 22.5 Å². The van der Waals surface area contributed by atoms with Crippen LogP contribution in [0, 0.1) is 5.92 Å². The van der Waals surface area contributed by atoms with Crippen LogP contribution in [0.4, 0.5) is 13.2 Å². The summed E-state index contributed by atoms with van der Waals surface area (Å²) >= 11 is 0. The molecule has 17 heavy (non-hydrogen) atoms. The van der Waals surface area contributed by atoms with Crippen molar-refractivity contribution in [3.8, 4) is 0 Å². The van der Waals surface area contributed by atoms with E-state index in [1.165, 1.54) is 13.8 Å². The molecule has 1 amide bonds. The van der Waals surface area contributed by atoms with Crippen molar-refractivity contribution in [1.29, 1.82) is 0 Å². The van der Waals surface area contributed by atoms with Crippen LogP contribution in [0.15, 0.2) is 5.16 Å². The number of amides is 1. The number of nitrogens with one attached hydrogen (secondary N) is 1. The highest BCUT2D eigenvalue weighted by Crippen LogP contribution is 2.26. The molecule has 100 valence electrons. The second-order valence-electron chi connectivity index (χ2n) is 3.99. The highest BCUT2D eigenvalue weighted by Gasteiger charge is 2.43. The van der Waals surface area contributed by atoms with Crippen LogP contribution in [-0.2, 0) is 4.79 Å². The van der Waals surface area contributed by atoms with Crippen molar-refractivity contribution in [2.45, 2.75) is 25.6 Å². The van der Waals surface area contributed by atoms with Gasteiger partial charge in [-0.2, -0.15) is 13.2 Å². The monoisotopic (exact) mass is 256 g/mol. The number of carbonyl (C=O) groups excluding carboxylic acids is 1. The van der Waals surface area contributed by atoms with E-state index >= 15 is 0 Å². The van der Waals surface area contributed by atoms with Gasteiger partial charge in [0, 0.05) is 6.54 Å². The lowest BCUT2D eigenvalue weighted by molar-refractivity contribution is -0.156. The third kappa shape index (κ3) is 4.47. The predicted octanol–water partition coefficient (Wildman–Crippen LogP) is -0.235. The Morgan fingerprint density at radius 3 is 2.18 bits per heavy atom. The highest BCUT2D eigenvalue weighted by atomic mass is 19.4. The largest absolute Gasteiger partial charge is 0.409 e. The van der Waals surface area contributed by atoms with E-state index in [0.717, 1.165) is 0 Å². The number of hydrogen-bond donors (Lipinski definition) is 4. The molecule has 0 fully saturated rings. The zero-order valence-corrected chi connectivity index (χ0v) is 9.38. The number of hydrogen-bond acceptors (Lipinski definition) is 4. The molecule has 1 unspecified atom stereocenters. The maximum atomic E-state index is 12.5. The van der Waals surface area contributed by atoms with E-state index in [-0.39, 0.29) is 0 Å². The molecule has 0 radical (unpaired) electrons. The number of carbonyl (C=O) groups is 1. The zero-order valence-electron chi connectivity index (χ0n) is 9.38. The average Bonchev–Trinajstić information content (AvgIpc) is 2.14. The first-order chi connectivity index (χ1) is 7.52. The number of nitrogens with zero attached hydrogens (tertiary/aromatic N) is 1. The molecule has 9 heteroatoms. The first-order valence-electron chi connectivity index (χ1n) is 4.61. The Balaban J connectivity index is 4.76. The van der Waals surface area contributed by atoms with Crippen LogP contribution in [0.25, 0.3) is 0 Å². The molecular formula is C8H15F3N4O2. The van der Waals surface area contributed by atoms with Crippen molar-refractivity contribution < 1.29 is 23.2 Å². The molecule has 0 bridgehead atoms. The van der Waals surface area contributed by atoms with E-state index in [0.29, 0.717) is 0 Å². The van der Waals surface area contributed by atoms with Crippen LogP contribution in [-0.4, -0.2) is 35.2 Å². The van der Waals surface area contributed by atoms with Gasteiger partial charge in [0.15, 0.2) is 5.84 Å². The minimum atomic E-state index is -4.68. The van der Waals surface area contributed by atoms with E-state index in [1.54, 1.807) is 0 Å². The molecule has 0 spiro atoms. The maximum absolute atomic E-state index is 12.5. The summed E-state index contributed by atoms with van der Waals surface area (Å²) in [5.74, 6) is -3.98. The van der Waals surface area contributed by atoms with Gasteiger partial charge in [-0.05, 0) is 13.8 Å². The van der Waals surface area contributed by atoms with Crippen molar-refractivity contribution in [3.05, 3.63) is 0 Å². The molecule has 6 N–H and O–H groups in total. The van der Waals surface area contributed by atoms with E-state index in [1.807, 2.05) is 0 Å². The zero-order chi connectivity index (χ0) is 13.9. The Kier molecular flexibility index (Phi) is 4.75. The van der Waals surface area contributed by atoms with Crippen molar-refractivity contribution in [2.75, 3.05) is 6.54 Å². The number of rotatable bonds is 5. The SMILES string of the molecule is CC(C)(NCC(C(N)=NO)C(F)(F)F)C(N)=O. The molecule has 0 aliphatic heterocycles. The average molecular weight is 256 g/mol. The fourth-order valence-electron chi connectivity index (χ4n) is 0.902. The van der Waals surface area contributed by atoms with E-state index < -0.39 is 35.9 Å². The van der Waals surface area contributed by atoms with Crippen LogP contribution < -0.4 is 16.8 Å². The topological polar surface area (TPSA) is 114 Å². The Morgan fingerprint density at radius 1 is 1.41 bits per heavy atom. The molecule has 0 saturated heterocycles. The number of primary amides is 1. The molecule has 0 aliphatic carbocycles. The Morgan fingerprint density at radius 2 is 1.88 bits per heavy atom. The number of nitrogens with two attached hydrogens (primary N) is 2. The van der Waals surface area contributed by atoms with Gasteiger partial charge in [0.1, 0.15) is 5.92 Å². The summed E-state index contributed by atoms with van der Waals surface area (Å²) in [5, 5.41) is 12.9. The second kappa shape index (κ2) is 5.21. The van der Waals surface area contributed by atoms with Gasteiger partial charge in [-0.3, -0.25) is 4.79 Å². The van der Waals surface area contributed by atoms with E-state index in [9.17, 15) is 18.0 Å². The number of amidine groups is 1. The van der Waals surface area contributed by atoms with Crippen molar-refractivity contribution >= 4 is 11.7 Å². The van der Waals surface area contributed by atoms with Gasteiger partial charge in [0.05, 0.1) is 5.54 Å². The molecule has 0 rings (SSSR count). The molecule has 0 aromatic carbocycles. The molecule has 6 nitrogen and oxygen atoms in total. The third-order valence-electron chi connectivity index (χ3n) is 2.23. The molecule has 0 aromatic rings. The maximum Gasteiger partial charge on any atom is 0.400 e. The van der Waals surface area contributed by atoms with E-state index in [4.69, 9.17) is 16.7 Å². The summed E-state index contributed by atoms with van der Waals surface area (Å²) < 4.78 is 37.5. The summed E-state index contributed by atoms with van der Waals surface area (Å²) in [6.07, 6.45) is -4.68. The van der Waals surface area contributed by atoms with Gasteiger partial charge in [-0.25, -0.2) is 0 Å². The molecule has 0 aliphatic rings. The molecule has 0 heterocycles. The number of halogens is 3. The molecule has 0 saturated carbocycles. The summed E-state index contributed by atoms with van der Waals surface area (Å²) in [6.45, 7) is 1.94. The Hall–Kier alpha value is -1.51. The van der Waals surface area contributed by atoms with Gasteiger partial charge < -0.3 is 22.0 Å². The van der Waals surface area contributed by atoms with Gasteiger partial charge >= 0.3 is 6.18 Å². The van der Waals surface area contributed by atoms with Crippen LogP contribution >= 0.6 is 0 Å². The standard InChI is InChI=1S/C8H15F3N4O2/c1-7(2,6(13)16)14-3-4(5(12)15-17)8(9,10)11/h4,14,17H,3H2,1-2H3,(H2,12,15)(H2,13,16). The summed E-state index contributed by atoms with van der Waals surface area (Å²) in [6, 6.07) is 0. The first kappa shape index (κ1) is 15.5. The molecule has 0 aromatic heterocycles. The number of oxime groups is 1. The fraction of sp³-hybridized carbons (Fsp3) is 0.750. The lowest BCUT2D eigenvalue weighted by atomic mass is 10.0. The fourth-order valence-corrected chi connectivity index (χ4v) is 0.902. The van der Waals surface area contributed by atoms with Crippen LogP contribution in [0.3, 0.4) is 0 Å².